The van der Waals surface area contributed by atoms with Crippen molar-refractivity contribution in [2.24, 2.45) is 4.99 Å². The van der Waals surface area contributed by atoms with Crippen molar-refractivity contribution in [1.82, 2.24) is 5.06 Å². The third-order valence-corrected chi connectivity index (χ3v) is 5.43. The summed E-state index contributed by atoms with van der Waals surface area (Å²) >= 11 is 0. The lowest BCUT2D eigenvalue weighted by Gasteiger charge is -2.31. The second-order valence-corrected chi connectivity index (χ2v) is 7.53. The van der Waals surface area contributed by atoms with Crippen LogP contribution in [0, 0.1) is 0 Å². The van der Waals surface area contributed by atoms with Gasteiger partial charge in [0.05, 0.1) is 0 Å². The van der Waals surface area contributed by atoms with Gasteiger partial charge in [-0.05, 0) is 16.7 Å². The van der Waals surface area contributed by atoms with Gasteiger partial charge >= 0.3 is 12.1 Å². The first-order valence-electron chi connectivity index (χ1n) is 10.2. The Morgan fingerprint density at radius 3 is 1.91 bits per heavy atom. The molecule has 0 fully saturated rings. The number of alkyl halides is 3. The van der Waals surface area contributed by atoms with Crippen LogP contribution in [0.25, 0.3) is 0 Å². The van der Waals surface area contributed by atoms with E-state index in [1.54, 1.807) is 24.3 Å². The monoisotopic (exact) mass is 438 g/mol. The fourth-order valence-corrected chi connectivity index (χ4v) is 3.85. The number of rotatable bonds is 5. The Balaban J connectivity index is 1.83. The van der Waals surface area contributed by atoms with Crippen LogP contribution in [0.4, 0.5) is 13.2 Å². The van der Waals surface area contributed by atoms with E-state index in [1.165, 1.54) is 0 Å². The second-order valence-electron chi connectivity index (χ2n) is 7.53. The highest BCUT2D eigenvalue weighted by Gasteiger charge is 2.48. The largest absolute Gasteiger partial charge is 0.493 e. The molecule has 1 heterocycles. The van der Waals surface area contributed by atoms with Crippen molar-refractivity contribution in [3.63, 3.8) is 0 Å². The number of hydrogen-bond donors (Lipinski definition) is 0. The first kappa shape index (κ1) is 21.6. The molecule has 0 saturated heterocycles. The number of halogens is 3. The van der Waals surface area contributed by atoms with Crippen molar-refractivity contribution in [1.29, 1.82) is 0 Å². The minimum Gasteiger partial charge on any atom is -0.330 e. The number of amidine groups is 1. The molecule has 0 saturated carbocycles. The lowest BCUT2D eigenvalue weighted by Crippen LogP contribution is -2.40. The Kier molecular flexibility index (Phi) is 5.99. The molecule has 1 aliphatic rings. The van der Waals surface area contributed by atoms with Gasteiger partial charge in [0.25, 0.3) is 0 Å². The molecule has 0 aromatic heterocycles. The van der Waals surface area contributed by atoms with Crippen molar-refractivity contribution in [3.8, 4) is 0 Å². The maximum atomic E-state index is 13.2. The lowest BCUT2D eigenvalue weighted by atomic mass is 9.94. The van der Waals surface area contributed by atoms with Gasteiger partial charge in [-0.25, -0.2) is 4.79 Å². The molecule has 32 heavy (non-hydrogen) atoms. The maximum absolute atomic E-state index is 13.2. The van der Waals surface area contributed by atoms with E-state index in [-0.39, 0.29) is 5.84 Å². The van der Waals surface area contributed by atoms with Gasteiger partial charge in [-0.1, -0.05) is 97.9 Å². The standard InChI is InChI=1S/C25H21F3N2O2/c1-17(18-11-5-2-6-12-18)23-29-21(19-13-7-3-8-14-19)22(20-15-9-4-10-16-20)30(23)32-24(31)25(26,27)28/h2-17,21-22H,1H3/t17-,21?,22?/m1/s1. The van der Waals surface area contributed by atoms with Crippen molar-refractivity contribution >= 4 is 11.8 Å². The average Bonchev–Trinajstić information content (AvgIpc) is 3.18. The molecule has 1 aliphatic heterocycles. The fraction of sp³-hybridized carbons (Fsp3) is 0.200. The van der Waals surface area contributed by atoms with Gasteiger partial charge in [0.15, 0.2) is 0 Å². The molecule has 2 unspecified atom stereocenters. The number of benzene rings is 3. The zero-order chi connectivity index (χ0) is 22.7. The van der Waals surface area contributed by atoms with Gasteiger partial charge in [0.1, 0.15) is 17.9 Å². The van der Waals surface area contributed by atoms with Crippen molar-refractivity contribution in [2.75, 3.05) is 0 Å². The van der Waals surface area contributed by atoms with Crippen LogP contribution in [-0.4, -0.2) is 23.0 Å². The van der Waals surface area contributed by atoms with E-state index in [0.717, 1.165) is 16.2 Å². The molecule has 0 spiro atoms. The van der Waals surface area contributed by atoms with Gasteiger partial charge in [-0.3, -0.25) is 4.99 Å². The van der Waals surface area contributed by atoms with Crippen LogP contribution in [0.15, 0.2) is 96.0 Å². The molecule has 0 radical (unpaired) electrons. The van der Waals surface area contributed by atoms with Crippen LogP contribution in [0.2, 0.25) is 0 Å². The lowest BCUT2D eigenvalue weighted by molar-refractivity contribution is -0.230. The Morgan fingerprint density at radius 2 is 1.38 bits per heavy atom. The highest BCUT2D eigenvalue weighted by atomic mass is 19.4. The minimum absolute atomic E-state index is 0.261. The number of hydrogen-bond acceptors (Lipinski definition) is 4. The van der Waals surface area contributed by atoms with Gasteiger partial charge in [-0.2, -0.15) is 18.2 Å². The molecule has 3 aromatic carbocycles. The normalized spacial score (nSPS) is 19.4. The number of nitrogens with zero attached hydrogens (tertiary/aromatic N) is 2. The van der Waals surface area contributed by atoms with Crippen LogP contribution >= 0.6 is 0 Å². The molecule has 3 atom stereocenters. The molecule has 4 rings (SSSR count). The van der Waals surface area contributed by atoms with Crippen LogP contribution in [0.5, 0.6) is 0 Å². The molecule has 4 nitrogen and oxygen atoms in total. The predicted octanol–water partition coefficient (Wildman–Crippen LogP) is 6.01. The maximum Gasteiger partial charge on any atom is 0.493 e. The van der Waals surface area contributed by atoms with Crippen LogP contribution < -0.4 is 0 Å². The van der Waals surface area contributed by atoms with E-state index >= 15 is 0 Å². The first-order valence-corrected chi connectivity index (χ1v) is 10.2. The molecule has 0 amide bonds. The van der Waals surface area contributed by atoms with E-state index in [9.17, 15) is 18.0 Å². The second kappa shape index (κ2) is 8.86. The minimum atomic E-state index is -5.13. The highest BCUT2D eigenvalue weighted by molar-refractivity contribution is 5.91. The summed E-state index contributed by atoms with van der Waals surface area (Å²) in [4.78, 5) is 21.7. The number of aliphatic imine (C=N–C) groups is 1. The summed E-state index contributed by atoms with van der Waals surface area (Å²) in [6, 6.07) is 26.2. The Hall–Kier alpha value is -3.61. The van der Waals surface area contributed by atoms with Crippen LogP contribution in [0.1, 0.15) is 41.6 Å². The summed E-state index contributed by atoms with van der Waals surface area (Å²) in [6.45, 7) is 1.83. The predicted molar refractivity (Wildman–Crippen MR) is 115 cm³/mol. The molecule has 0 N–H and O–H groups in total. The average molecular weight is 438 g/mol. The molecular weight excluding hydrogens is 417 g/mol. The van der Waals surface area contributed by atoms with Crippen molar-refractivity contribution in [2.45, 2.75) is 31.1 Å². The third-order valence-electron chi connectivity index (χ3n) is 5.43. The van der Waals surface area contributed by atoms with E-state index < -0.39 is 30.1 Å². The van der Waals surface area contributed by atoms with E-state index in [1.807, 2.05) is 73.7 Å². The van der Waals surface area contributed by atoms with Gasteiger partial charge in [-0.15, -0.1) is 0 Å². The summed E-state index contributed by atoms with van der Waals surface area (Å²) < 4.78 is 39.5. The number of carbonyl (C=O) groups excluding carboxylic acids is 1. The highest BCUT2D eigenvalue weighted by Crippen LogP contribution is 2.45. The number of hydroxylamine groups is 2. The van der Waals surface area contributed by atoms with Crippen molar-refractivity contribution in [3.05, 3.63) is 108 Å². The Bertz CT molecular complexity index is 1090. The summed E-state index contributed by atoms with van der Waals surface area (Å²) in [5.41, 5.74) is 2.35. The van der Waals surface area contributed by atoms with Crippen LogP contribution in [-0.2, 0) is 9.63 Å². The fourth-order valence-electron chi connectivity index (χ4n) is 3.85. The zero-order valence-corrected chi connectivity index (χ0v) is 17.2. The third kappa shape index (κ3) is 4.37. The summed E-state index contributed by atoms with van der Waals surface area (Å²) in [6.07, 6.45) is -5.13. The molecule has 0 bridgehead atoms. The topological polar surface area (TPSA) is 41.9 Å². The summed E-state index contributed by atoms with van der Waals surface area (Å²) in [5, 5.41) is 1.04. The van der Waals surface area contributed by atoms with Gasteiger partial charge < -0.3 is 4.84 Å². The SMILES string of the molecule is C[C@@H](C1=NC(c2ccccc2)C(c2ccccc2)N1OC(=O)C(F)(F)F)c1ccccc1. The molecule has 0 aliphatic carbocycles. The van der Waals surface area contributed by atoms with E-state index in [2.05, 4.69) is 0 Å². The van der Waals surface area contributed by atoms with Crippen molar-refractivity contribution < 1.29 is 22.8 Å². The number of carbonyl (C=O) groups is 1. The van der Waals surface area contributed by atoms with E-state index in [4.69, 9.17) is 9.83 Å². The Labute approximate surface area is 183 Å². The van der Waals surface area contributed by atoms with Gasteiger partial charge in [0, 0.05) is 5.92 Å². The first-order chi connectivity index (χ1) is 15.4. The quantitative estimate of drug-likeness (QED) is 0.490. The molecule has 3 aromatic rings. The summed E-state index contributed by atoms with van der Waals surface area (Å²) in [5.74, 6) is -2.42. The summed E-state index contributed by atoms with van der Waals surface area (Å²) in [7, 11) is 0. The Morgan fingerprint density at radius 1 is 0.875 bits per heavy atom. The van der Waals surface area contributed by atoms with E-state index in [0.29, 0.717) is 5.56 Å². The molecule has 7 heteroatoms. The van der Waals surface area contributed by atoms with Gasteiger partial charge in [0.2, 0.25) is 0 Å². The zero-order valence-electron chi connectivity index (χ0n) is 17.2. The smallest absolute Gasteiger partial charge is 0.330 e. The molecule has 164 valence electrons. The van der Waals surface area contributed by atoms with Crippen LogP contribution in [0.3, 0.4) is 0 Å². The molecular formula is C25H21F3N2O2.